The molecule has 0 aliphatic heterocycles. The number of carbonyl (C=O) groups excluding carboxylic acids is 1. The van der Waals surface area contributed by atoms with Crippen LogP contribution >= 0.6 is 0 Å². The molecule has 0 fully saturated rings. The molecular weight excluding hydrogens is 435 g/mol. The fourth-order valence-electron chi connectivity index (χ4n) is 3.41. The number of alkyl halides is 3. The van der Waals surface area contributed by atoms with E-state index in [-0.39, 0.29) is 5.56 Å². The molecule has 4 aromatic rings. The normalized spacial score (nSPS) is 11.4. The lowest BCUT2D eigenvalue weighted by molar-refractivity contribution is -0.139. The van der Waals surface area contributed by atoms with Gasteiger partial charge >= 0.3 is 6.18 Å². The fourth-order valence-corrected chi connectivity index (χ4v) is 3.41. The van der Waals surface area contributed by atoms with Crippen molar-refractivity contribution in [1.29, 1.82) is 0 Å². The number of ether oxygens (including phenoxy) is 1. The van der Waals surface area contributed by atoms with Crippen molar-refractivity contribution in [3.63, 3.8) is 0 Å². The summed E-state index contributed by atoms with van der Waals surface area (Å²) in [4.78, 5) is 29.5. The van der Waals surface area contributed by atoms with Gasteiger partial charge in [0.05, 0.1) is 22.2 Å². The number of amides is 1. The maximum atomic E-state index is 13.0. The van der Waals surface area contributed by atoms with Gasteiger partial charge in [-0.3, -0.25) is 14.2 Å². The summed E-state index contributed by atoms with van der Waals surface area (Å²) in [6.07, 6.45) is -4.59. The molecule has 0 bridgehead atoms. The Bertz CT molecular complexity index is 1380. The summed E-state index contributed by atoms with van der Waals surface area (Å²) in [5, 5.41) is 3.04. The number of aromatic nitrogens is 2. The minimum Gasteiger partial charge on any atom is -0.483 e. The Labute approximate surface area is 186 Å². The smallest absolute Gasteiger partial charge is 0.419 e. The highest BCUT2D eigenvalue weighted by molar-refractivity contribution is 5.92. The molecule has 0 aliphatic rings. The summed E-state index contributed by atoms with van der Waals surface area (Å²) in [5.41, 5.74) is 0.394. The lowest BCUT2D eigenvalue weighted by atomic mass is 10.2. The van der Waals surface area contributed by atoms with Gasteiger partial charge in [0.15, 0.2) is 6.61 Å². The van der Waals surface area contributed by atoms with Gasteiger partial charge in [-0.15, -0.1) is 0 Å². The van der Waals surface area contributed by atoms with Crippen LogP contribution < -0.4 is 15.6 Å². The van der Waals surface area contributed by atoms with Crippen molar-refractivity contribution in [2.75, 3.05) is 11.9 Å². The minimum absolute atomic E-state index is 0.216. The average molecular weight is 453 g/mol. The molecule has 1 aromatic heterocycles. The molecule has 1 N–H and O–H groups in total. The third-order valence-electron chi connectivity index (χ3n) is 4.90. The van der Waals surface area contributed by atoms with E-state index in [2.05, 4.69) is 10.3 Å². The molecule has 0 radical (unpaired) electrons. The number of carbonyl (C=O) groups is 1. The summed E-state index contributed by atoms with van der Waals surface area (Å²) in [7, 11) is 0. The molecular formula is C24H18F3N3O3. The van der Waals surface area contributed by atoms with Gasteiger partial charge in [-0.2, -0.15) is 13.2 Å². The first kappa shape index (κ1) is 22.1. The van der Waals surface area contributed by atoms with E-state index < -0.39 is 30.0 Å². The first-order valence-corrected chi connectivity index (χ1v) is 9.92. The summed E-state index contributed by atoms with van der Waals surface area (Å²) >= 11 is 0. The number of aryl methyl sites for hydroxylation is 1. The maximum absolute atomic E-state index is 13.0. The van der Waals surface area contributed by atoms with E-state index in [0.717, 1.165) is 12.1 Å². The predicted octanol–water partition coefficient (Wildman–Crippen LogP) is 4.73. The van der Waals surface area contributed by atoms with Crippen LogP contribution in [0.1, 0.15) is 11.4 Å². The van der Waals surface area contributed by atoms with Crippen LogP contribution in [0.5, 0.6) is 5.75 Å². The van der Waals surface area contributed by atoms with E-state index in [1.807, 2.05) is 6.07 Å². The van der Waals surface area contributed by atoms with E-state index in [1.165, 1.54) is 16.7 Å². The van der Waals surface area contributed by atoms with Crippen LogP contribution in [-0.2, 0) is 11.0 Å². The number of benzene rings is 3. The molecule has 168 valence electrons. The maximum Gasteiger partial charge on any atom is 0.419 e. The first-order chi connectivity index (χ1) is 15.7. The van der Waals surface area contributed by atoms with Gasteiger partial charge < -0.3 is 10.1 Å². The van der Waals surface area contributed by atoms with Crippen LogP contribution in [-0.4, -0.2) is 22.1 Å². The third-order valence-corrected chi connectivity index (χ3v) is 4.90. The van der Waals surface area contributed by atoms with Gasteiger partial charge in [-0.1, -0.05) is 24.3 Å². The largest absolute Gasteiger partial charge is 0.483 e. The van der Waals surface area contributed by atoms with Gasteiger partial charge in [0.2, 0.25) is 0 Å². The molecule has 0 saturated carbocycles. The Kier molecular flexibility index (Phi) is 5.87. The SMILES string of the molecule is Cc1nc2ccccc2c(=O)n1-c1ccc(NC(=O)COc2ccccc2C(F)(F)F)cc1. The molecule has 0 saturated heterocycles. The monoisotopic (exact) mass is 453 g/mol. The summed E-state index contributed by atoms with van der Waals surface area (Å²) in [5.74, 6) is -0.540. The number of hydrogen-bond acceptors (Lipinski definition) is 4. The molecule has 0 spiro atoms. The van der Waals surface area contributed by atoms with Crippen molar-refractivity contribution in [2.45, 2.75) is 13.1 Å². The molecule has 33 heavy (non-hydrogen) atoms. The van der Waals surface area contributed by atoms with Crippen molar-refractivity contribution in [3.8, 4) is 11.4 Å². The van der Waals surface area contributed by atoms with Crippen molar-refractivity contribution in [3.05, 3.63) is 94.5 Å². The van der Waals surface area contributed by atoms with Gasteiger partial charge in [0.1, 0.15) is 11.6 Å². The van der Waals surface area contributed by atoms with E-state index >= 15 is 0 Å². The number of hydrogen-bond donors (Lipinski definition) is 1. The topological polar surface area (TPSA) is 73.2 Å². The molecule has 1 amide bonds. The Morgan fingerprint density at radius 1 is 1.00 bits per heavy atom. The van der Waals surface area contributed by atoms with E-state index in [1.54, 1.807) is 49.4 Å². The zero-order valence-electron chi connectivity index (χ0n) is 17.4. The Hall–Kier alpha value is -4.14. The first-order valence-electron chi connectivity index (χ1n) is 9.92. The fraction of sp³-hybridized carbons (Fsp3) is 0.125. The quantitative estimate of drug-likeness (QED) is 0.474. The number of nitrogens with zero attached hydrogens (tertiary/aromatic N) is 2. The van der Waals surface area contributed by atoms with Crippen LogP contribution in [0.3, 0.4) is 0 Å². The van der Waals surface area contributed by atoms with Crippen molar-refractivity contribution >= 4 is 22.5 Å². The Morgan fingerprint density at radius 3 is 2.39 bits per heavy atom. The highest BCUT2D eigenvalue weighted by Crippen LogP contribution is 2.35. The van der Waals surface area contributed by atoms with Crippen LogP contribution in [0.15, 0.2) is 77.6 Å². The highest BCUT2D eigenvalue weighted by atomic mass is 19.4. The standard InChI is InChI=1S/C24H18F3N3O3/c1-15-28-20-8-4-2-6-18(20)23(32)30(15)17-12-10-16(11-13-17)29-22(31)14-33-21-9-5-3-7-19(21)24(25,26)27/h2-13H,14H2,1H3,(H,29,31). The molecule has 3 aromatic carbocycles. The number of nitrogens with one attached hydrogen (secondary N) is 1. The predicted molar refractivity (Wildman–Crippen MR) is 118 cm³/mol. The van der Waals surface area contributed by atoms with Crippen molar-refractivity contribution in [2.24, 2.45) is 0 Å². The second-order valence-electron chi connectivity index (χ2n) is 7.19. The lowest BCUT2D eigenvalue weighted by Gasteiger charge is -2.14. The number of anilines is 1. The number of fused-ring (bicyclic) bond motifs is 1. The molecule has 0 atom stereocenters. The second-order valence-corrected chi connectivity index (χ2v) is 7.19. The minimum atomic E-state index is -4.59. The lowest BCUT2D eigenvalue weighted by Crippen LogP contribution is -2.23. The van der Waals surface area contributed by atoms with E-state index in [4.69, 9.17) is 4.74 Å². The zero-order valence-corrected chi connectivity index (χ0v) is 17.4. The average Bonchev–Trinajstić information content (AvgIpc) is 2.78. The Morgan fingerprint density at radius 2 is 1.67 bits per heavy atom. The van der Waals surface area contributed by atoms with Gasteiger partial charge in [0, 0.05) is 5.69 Å². The van der Waals surface area contributed by atoms with Gasteiger partial charge in [-0.25, -0.2) is 4.98 Å². The van der Waals surface area contributed by atoms with Crippen LogP contribution in [0.25, 0.3) is 16.6 Å². The zero-order chi connectivity index (χ0) is 23.6. The number of rotatable bonds is 5. The van der Waals surface area contributed by atoms with E-state index in [0.29, 0.717) is 28.1 Å². The molecule has 4 rings (SSSR count). The van der Waals surface area contributed by atoms with Crippen molar-refractivity contribution < 1.29 is 22.7 Å². The summed E-state index contributed by atoms with van der Waals surface area (Å²) < 4.78 is 45.6. The summed E-state index contributed by atoms with van der Waals surface area (Å²) in [6.45, 7) is 1.13. The number of halogens is 3. The molecule has 6 nitrogen and oxygen atoms in total. The van der Waals surface area contributed by atoms with Crippen molar-refractivity contribution in [1.82, 2.24) is 9.55 Å². The van der Waals surface area contributed by atoms with Gasteiger partial charge in [0.25, 0.3) is 11.5 Å². The molecule has 0 aliphatic carbocycles. The van der Waals surface area contributed by atoms with Crippen LogP contribution in [0.4, 0.5) is 18.9 Å². The summed E-state index contributed by atoms with van der Waals surface area (Å²) in [6, 6.07) is 18.2. The van der Waals surface area contributed by atoms with Gasteiger partial charge in [-0.05, 0) is 55.5 Å². The van der Waals surface area contributed by atoms with Crippen LogP contribution in [0, 0.1) is 6.92 Å². The van der Waals surface area contributed by atoms with E-state index in [9.17, 15) is 22.8 Å². The Balaban J connectivity index is 1.48. The molecule has 1 heterocycles. The molecule has 0 unspecified atom stereocenters. The third kappa shape index (κ3) is 4.72. The highest BCUT2D eigenvalue weighted by Gasteiger charge is 2.34. The molecule has 9 heteroatoms. The van der Waals surface area contributed by atoms with Crippen LogP contribution in [0.2, 0.25) is 0 Å². The second kappa shape index (κ2) is 8.78. The number of para-hydroxylation sites is 2.